The number of hydrogen-bond acceptors (Lipinski definition) is 2. The number of aliphatic hydroxyl groups is 2. The summed E-state index contributed by atoms with van der Waals surface area (Å²) in [5.41, 5.74) is 2.31. The molecule has 0 heterocycles. The molecule has 0 spiro atoms. The van der Waals surface area contributed by atoms with E-state index in [1.54, 1.807) is 5.57 Å². The van der Waals surface area contributed by atoms with Gasteiger partial charge in [0.15, 0.2) is 0 Å². The zero-order valence-corrected chi connectivity index (χ0v) is 16.7. The van der Waals surface area contributed by atoms with Crippen molar-refractivity contribution in [3.8, 4) is 0 Å². The smallest absolute Gasteiger partial charge is 0.0577 e. The standard InChI is InChI=1S/C23H38O2/c1-5-23(15(2)24)13-10-20-18-7-6-16-14-17(25)8-11-21(16,3)19(18)9-12-22(20,23)4/h6,15,17-20,24-25H,5,7-14H2,1-4H3/t15-,17-,18?,19?,20?,21?,22?,23+/m0/s1. The van der Waals surface area contributed by atoms with Crippen molar-refractivity contribution in [3.05, 3.63) is 11.6 Å². The predicted molar refractivity (Wildman–Crippen MR) is 102 cm³/mol. The van der Waals surface area contributed by atoms with Crippen molar-refractivity contribution in [1.29, 1.82) is 0 Å². The maximum Gasteiger partial charge on any atom is 0.0577 e. The second-order valence-corrected chi connectivity index (χ2v) is 10.3. The van der Waals surface area contributed by atoms with Crippen LogP contribution in [-0.4, -0.2) is 22.4 Å². The molecule has 3 fully saturated rings. The third-order valence-electron chi connectivity index (χ3n) is 9.94. The Hall–Kier alpha value is -0.340. The first-order valence-corrected chi connectivity index (χ1v) is 10.8. The van der Waals surface area contributed by atoms with E-state index in [1.165, 1.54) is 38.5 Å². The predicted octanol–water partition coefficient (Wildman–Crippen LogP) is 5.09. The fourth-order valence-corrected chi connectivity index (χ4v) is 8.37. The van der Waals surface area contributed by atoms with Crippen molar-refractivity contribution in [1.82, 2.24) is 0 Å². The van der Waals surface area contributed by atoms with Crippen LogP contribution < -0.4 is 0 Å². The number of allylic oxidation sites excluding steroid dienone is 1. The molecule has 2 N–H and O–H groups in total. The molecular formula is C23H38O2. The summed E-state index contributed by atoms with van der Waals surface area (Å²) in [4.78, 5) is 0. The van der Waals surface area contributed by atoms with Crippen LogP contribution in [0.15, 0.2) is 11.6 Å². The molecule has 0 bridgehead atoms. The summed E-state index contributed by atoms with van der Waals surface area (Å²) in [7, 11) is 0. The van der Waals surface area contributed by atoms with Gasteiger partial charge >= 0.3 is 0 Å². The maximum absolute atomic E-state index is 10.7. The molecule has 0 radical (unpaired) electrons. The van der Waals surface area contributed by atoms with E-state index in [0.29, 0.717) is 10.8 Å². The summed E-state index contributed by atoms with van der Waals surface area (Å²) < 4.78 is 0. The highest BCUT2D eigenvalue weighted by atomic mass is 16.3. The van der Waals surface area contributed by atoms with Crippen LogP contribution in [-0.2, 0) is 0 Å². The minimum Gasteiger partial charge on any atom is -0.393 e. The third kappa shape index (κ3) is 2.22. The molecule has 5 unspecified atom stereocenters. The summed E-state index contributed by atoms with van der Waals surface area (Å²) in [5.74, 6) is 2.34. The maximum atomic E-state index is 10.7. The first-order chi connectivity index (χ1) is 11.8. The van der Waals surface area contributed by atoms with Crippen molar-refractivity contribution in [2.45, 2.75) is 97.7 Å². The molecule has 0 aromatic carbocycles. The number of hydrogen-bond donors (Lipinski definition) is 2. The zero-order chi connectivity index (χ0) is 18.0. The molecule has 0 aromatic heterocycles. The molecule has 142 valence electrons. The van der Waals surface area contributed by atoms with E-state index >= 15 is 0 Å². The first-order valence-electron chi connectivity index (χ1n) is 10.8. The average molecular weight is 347 g/mol. The molecule has 25 heavy (non-hydrogen) atoms. The molecular weight excluding hydrogens is 308 g/mol. The topological polar surface area (TPSA) is 40.5 Å². The Morgan fingerprint density at radius 1 is 1.12 bits per heavy atom. The lowest BCUT2D eigenvalue weighted by molar-refractivity contribution is -0.117. The fraction of sp³-hybridized carbons (Fsp3) is 0.913. The fourth-order valence-electron chi connectivity index (χ4n) is 8.37. The monoisotopic (exact) mass is 346 g/mol. The van der Waals surface area contributed by atoms with E-state index in [0.717, 1.165) is 37.0 Å². The van der Waals surface area contributed by atoms with Gasteiger partial charge in [-0.3, -0.25) is 0 Å². The van der Waals surface area contributed by atoms with Gasteiger partial charge in [-0.15, -0.1) is 0 Å². The second kappa shape index (κ2) is 5.83. The molecule has 2 nitrogen and oxygen atoms in total. The van der Waals surface area contributed by atoms with E-state index < -0.39 is 0 Å². The van der Waals surface area contributed by atoms with Gasteiger partial charge in [0, 0.05) is 5.41 Å². The molecule has 0 amide bonds. The van der Waals surface area contributed by atoms with Crippen LogP contribution in [0.3, 0.4) is 0 Å². The van der Waals surface area contributed by atoms with Gasteiger partial charge in [0.05, 0.1) is 12.2 Å². The number of fused-ring (bicyclic) bond motifs is 5. The Kier molecular flexibility index (Phi) is 4.21. The van der Waals surface area contributed by atoms with E-state index in [2.05, 4.69) is 26.8 Å². The summed E-state index contributed by atoms with van der Waals surface area (Å²) in [6.07, 6.45) is 12.7. The highest BCUT2D eigenvalue weighted by Gasteiger charge is 2.64. The van der Waals surface area contributed by atoms with Crippen LogP contribution >= 0.6 is 0 Å². The summed E-state index contributed by atoms with van der Waals surface area (Å²) in [5, 5.41) is 20.9. The van der Waals surface area contributed by atoms with Gasteiger partial charge < -0.3 is 10.2 Å². The molecule has 8 atom stereocenters. The van der Waals surface area contributed by atoms with Gasteiger partial charge in [0.1, 0.15) is 0 Å². The van der Waals surface area contributed by atoms with Crippen molar-refractivity contribution < 1.29 is 10.2 Å². The van der Waals surface area contributed by atoms with E-state index in [-0.39, 0.29) is 17.6 Å². The van der Waals surface area contributed by atoms with E-state index in [4.69, 9.17) is 0 Å². The van der Waals surface area contributed by atoms with Crippen LogP contribution in [0.4, 0.5) is 0 Å². The Balaban J connectivity index is 1.69. The Morgan fingerprint density at radius 2 is 1.84 bits per heavy atom. The lowest BCUT2D eigenvalue weighted by Crippen LogP contribution is -2.54. The quantitative estimate of drug-likeness (QED) is 0.684. The molecule has 3 saturated carbocycles. The molecule has 4 aliphatic carbocycles. The van der Waals surface area contributed by atoms with Gasteiger partial charge in [-0.2, -0.15) is 0 Å². The van der Waals surface area contributed by atoms with Crippen LogP contribution in [0.25, 0.3) is 0 Å². The highest BCUT2D eigenvalue weighted by Crippen LogP contribution is 2.71. The highest BCUT2D eigenvalue weighted by molar-refractivity contribution is 5.26. The van der Waals surface area contributed by atoms with Gasteiger partial charge in [-0.1, -0.05) is 32.4 Å². The molecule has 4 rings (SSSR count). The van der Waals surface area contributed by atoms with Crippen LogP contribution in [0.5, 0.6) is 0 Å². The lowest BCUT2D eigenvalue weighted by Gasteiger charge is -2.60. The van der Waals surface area contributed by atoms with Crippen molar-refractivity contribution >= 4 is 0 Å². The van der Waals surface area contributed by atoms with Gasteiger partial charge in [-0.25, -0.2) is 0 Å². The number of rotatable bonds is 2. The van der Waals surface area contributed by atoms with E-state index in [9.17, 15) is 10.2 Å². The lowest BCUT2D eigenvalue weighted by atomic mass is 9.45. The second-order valence-electron chi connectivity index (χ2n) is 10.3. The van der Waals surface area contributed by atoms with E-state index in [1.807, 2.05) is 6.92 Å². The molecule has 4 aliphatic rings. The summed E-state index contributed by atoms with van der Waals surface area (Å²) in [6.45, 7) is 9.37. The SMILES string of the molecule is CC[C@]1([C@H](C)O)CCC2C3CC=C4C[C@@H](O)CCC4(C)C3CCC21C. The minimum absolute atomic E-state index is 0.112. The zero-order valence-electron chi connectivity index (χ0n) is 16.7. The minimum atomic E-state index is -0.195. The van der Waals surface area contributed by atoms with Crippen molar-refractivity contribution in [2.75, 3.05) is 0 Å². The third-order valence-corrected chi connectivity index (χ3v) is 9.94. The van der Waals surface area contributed by atoms with Crippen LogP contribution in [0, 0.1) is 34.0 Å². The number of aliphatic hydroxyl groups excluding tert-OH is 2. The largest absolute Gasteiger partial charge is 0.393 e. The van der Waals surface area contributed by atoms with Gasteiger partial charge in [0.25, 0.3) is 0 Å². The van der Waals surface area contributed by atoms with Crippen molar-refractivity contribution in [2.24, 2.45) is 34.0 Å². The first kappa shape index (κ1) is 18.0. The Morgan fingerprint density at radius 3 is 2.52 bits per heavy atom. The molecule has 2 heteroatoms. The normalized spacial score (nSPS) is 53.4. The van der Waals surface area contributed by atoms with Gasteiger partial charge in [-0.05, 0) is 93.3 Å². The van der Waals surface area contributed by atoms with Crippen LogP contribution in [0.2, 0.25) is 0 Å². The average Bonchev–Trinajstić information content (AvgIpc) is 2.89. The summed E-state index contributed by atoms with van der Waals surface area (Å²) >= 11 is 0. The van der Waals surface area contributed by atoms with Gasteiger partial charge in [0.2, 0.25) is 0 Å². The molecule has 0 aromatic rings. The Bertz CT molecular complexity index is 566. The Labute approximate surface area is 154 Å². The summed E-state index contributed by atoms with van der Waals surface area (Å²) in [6, 6.07) is 0. The molecule has 0 aliphatic heterocycles. The van der Waals surface area contributed by atoms with Crippen molar-refractivity contribution in [3.63, 3.8) is 0 Å². The van der Waals surface area contributed by atoms with Crippen LogP contribution in [0.1, 0.15) is 85.5 Å². The molecule has 0 saturated heterocycles.